The van der Waals surface area contributed by atoms with E-state index in [1.807, 2.05) is 0 Å². The number of carbonyl (C=O) groups is 1. The Morgan fingerprint density at radius 1 is 1.71 bits per heavy atom. The van der Waals surface area contributed by atoms with Gasteiger partial charge in [0.1, 0.15) is 5.76 Å². The van der Waals surface area contributed by atoms with Gasteiger partial charge in [0.25, 0.3) is 0 Å². The zero-order chi connectivity index (χ0) is 12.3. The van der Waals surface area contributed by atoms with Gasteiger partial charge in [-0.15, -0.1) is 0 Å². The van der Waals surface area contributed by atoms with Gasteiger partial charge in [-0.25, -0.2) is 0 Å². The van der Waals surface area contributed by atoms with Crippen LogP contribution in [0.2, 0.25) is 0 Å². The summed E-state index contributed by atoms with van der Waals surface area (Å²) in [7, 11) is 0. The minimum atomic E-state index is -0.249. The lowest BCUT2D eigenvalue weighted by atomic mass is 10.3. The van der Waals surface area contributed by atoms with Crippen LogP contribution in [0.15, 0.2) is 16.8 Å². The van der Waals surface area contributed by atoms with Gasteiger partial charge in [0.2, 0.25) is 5.91 Å². The van der Waals surface area contributed by atoms with E-state index in [9.17, 15) is 4.79 Å². The fraction of sp³-hybridized carbons (Fsp3) is 0.333. The Hall–Kier alpha value is -1.54. The Balaban J connectivity index is 1.86. The summed E-state index contributed by atoms with van der Waals surface area (Å²) in [6, 6.07) is 1.63. The predicted octanol–water partition coefficient (Wildman–Crippen LogP) is -0.192. The molecule has 1 saturated heterocycles. The van der Waals surface area contributed by atoms with Crippen molar-refractivity contribution in [3.63, 3.8) is 0 Å². The average Bonchev–Trinajstić information content (AvgIpc) is 2.88. The van der Waals surface area contributed by atoms with E-state index in [-0.39, 0.29) is 12.3 Å². The van der Waals surface area contributed by atoms with E-state index in [2.05, 4.69) is 15.8 Å². The van der Waals surface area contributed by atoms with Crippen LogP contribution in [-0.4, -0.2) is 39.3 Å². The van der Waals surface area contributed by atoms with Gasteiger partial charge in [0.05, 0.1) is 12.6 Å². The molecule has 0 aromatic carbocycles. The second kappa shape index (κ2) is 5.19. The van der Waals surface area contributed by atoms with E-state index in [0.717, 1.165) is 6.54 Å². The molecule has 0 aliphatic carbocycles. The van der Waals surface area contributed by atoms with Gasteiger partial charge in [0.15, 0.2) is 10.2 Å². The minimum absolute atomic E-state index is 0.105. The third kappa shape index (κ3) is 2.98. The van der Waals surface area contributed by atoms with Crippen LogP contribution >= 0.6 is 24.4 Å². The lowest BCUT2D eigenvalue weighted by Gasteiger charge is -2.17. The molecule has 1 aromatic rings. The molecule has 0 bridgehead atoms. The van der Waals surface area contributed by atoms with Crippen LogP contribution in [0.5, 0.6) is 0 Å². The van der Waals surface area contributed by atoms with Crippen molar-refractivity contribution in [3.05, 3.63) is 18.0 Å². The smallest absolute Gasteiger partial charge is 0.233 e. The van der Waals surface area contributed by atoms with Crippen molar-refractivity contribution in [1.82, 2.24) is 20.7 Å². The molecule has 1 fully saturated rings. The molecule has 0 saturated carbocycles. The number of rotatable bonds is 2. The normalized spacial score (nSPS) is 14.6. The number of nitrogens with one attached hydrogen (secondary N) is 2. The van der Waals surface area contributed by atoms with E-state index in [1.54, 1.807) is 11.0 Å². The van der Waals surface area contributed by atoms with Gasteiger partial charge in [-0.3, -0.25) is 9.69 Å². The molecule has 2 heterocycles. The first kappa shape index (κ1) is 11.9. The van der Waals surface area contributed by atoms with Crippen LogP contribution in [-0.2, 0) is 11.2 Å². The van der Waals surface area contributed by atoms with Gasteiger partial charge in [0, 0.05) is 19.2 Å². The van der Waals surface area contributed by atoms with Crippen molar-refractivity contribution < 1.29 is 9.32 Å². The fourth-order valence-corrected chi connectivity index (χ4v) is 2.03. The van der Waals surface area contributed by atoms with Crippen LogP contribution < -0.4 is 10.6 Å². The summed E-state index contributed by atoms with van der Waals surface area (Å²) in [5.41, 5.74) is 0. The molecule has 1 aliphatic heterocycles. The van der Waals surface area contributed by atoms with Crippen LogP contribution in [0.1, 0.15) is 5.76 Å². The Bertz CT molecular complexity index is 446. The average molecular weight is 270 g/mol. The molecule has 2 rings (SSSR count). The van der Waals surface area contributed by atoms with Crippen molar-refractivity contribution in [2.24, 2.45) is 0 Å². The summed E-state index contributed by atoms with van der Waals surface area (Å²) in [5, 5.41) is 9.91. The molecule has 2 N–H and O–H groups in total. The number of nitrogens with zero attached hydrogens (tertiary/aromatic N) is 2. The zero-order valence-corrected chi connectivity index (χ0v) is 10.4. The summed E-state index contributed by atoms with van der Waals surface area (Å²) in [6.07, 6.45) is 1.59. The number of thiocarbonyl (C=S) groups is 2. The van der Waals surface area contributed by atoms with Crippen LogP contribution in [0.3, 0.4) is 0 Å². The molecule has 90 valence electrons. The van der Waals surface area contributed by atoms with E-state index < -0.39 is 0 Å². The molecule has 17 heavy (non-hydrogen) atoms. The van der Waals surface area contributed by atoms with E-state index in [0.29, 0.717) is 22.5 Å². The number of aromatic nitrogens is 1. The van der Waals surface area contributed by atoms with Crippen LogP contribution in [0, 0.1) is 0 Å². The Morgan fingerprint density at radius 2 is 2.53 bits per heavy atom. The van der Waals surface area contributed by atoms with Gasteiger partial charge in [-0.05, 0) is 24.4 Å². The SMILES string of the molecule is O=C(Cc1ccno1)NC(=S)N1CCNC1=S. The highest BCUT2D eigenvalue weighted by Crippen LogP contribution is 2.00. The molecule has 0 unspecified atom stereocenters. The Morgan fingerprint density at radius 3 is 3.12 bits per heavy atom. The lowest BCUT2D eigenvalue weighted by molar-refractivity contribution is -0.119. The molecule has 0 radical (unpaired) electrons. The third-order valence-electron chi connectivity index (χ3n) is 2.17. The maximum absolute atomic E-state index is 11.6. The highest BCUT2D eigenvalue weighted by atomic mass is 32.1. The predicted molar refractivity (Wildman–Crippen MR) is 68.3 cm³/mol. The van der Waals surface area contributed by atoms with Gasteiger partial charge >= 0.3 is 0 Å². The second-order valence-corrected chi connectivity index (χ2v) is 4.17. The quantitative estimate of drug-likeness (QED) is 0.722. The first-order valence-corrected chi connectivity index (χ1v) is 5.77. The van der Waals surface area contributed by atoms with Crippen molar-refractivity contribution in [3.8, 4) is 0 Å². The summed E-state index contributed by atoms with van der Waals surface area (Å²) in [6.45, 7) is 1.40. The molecular weight excluding hydrogens is 260 g/mol. The number of carbonyl (C=O) groups excluding carboxylic acids is 1. The first-order chi connectivity index (χ1) is 8.16. The molecule has 1 aliphatic rings. The van der Waals surface area contributed by atoms with Crippen molar-refractivity contribution in [1.29, 1.82) is 0 Å². The number of hydrogen-bond acceptors (Lipinski definition) is 5. The van der Waals surface area contributed by atoms with E-state index in [1.165, 1.54) is 6.20 Å². The minimum Gasteiger partial charge on any atom is -0.361 e. The molecular formula is C9H10N4O2S2. The van der Waals surface area contributed by atoms with E-state index in [4.69, 9.17) is 29.0 Å². The Kier molecular flexibility index (Phi) is 3.64. The topological polar surface area (TPSA) is 70.4 Å². The summed E-state index contributed by atoms with van der Waals surface area (Å²) < 4.78 is 4.83. The molecule has 6 nitrogen and oxygen atoms in total. The van der Waals surface area contributed by atoms with E-state index >= 15 is 0 Å². The summed E-state index contributed by atoms with van der Waals surface area (Å²) in [5.74, 6) is 0.244. The fourth-order valence-electron chi connectivity index (χ4n) is 1.39. The van der Waals surface area contributed by atoms with Crippen LogP contribution in [0.25, 0.3) is 0 Å². The molecule has 0 spiro atoms. The molecule has 8 heteroatoms. The maximum Gasteiger partial charge on any atom is 0.233 e. The summed E-state index contributed by atoms with van der Waals surface area (Å²) in [4.78, 5) is 13.3. The second-order valence-electron chi connectivity index (χ2n) is 3.39. The molecule has 1 amide bonds. The highest BCUT2D eigenvalue weighted by molar-refractivity contribution is 7.81. The van der Waals surface area contributed by atoms with Crippen molar-refractivity contribution >= 4 is 40.6 Å². The molecule has 1 aromatic heterocycles. The lowest BCUT2D eigenvalue weighted by Crippen LogP contribution is -2.44. The van der Waals surface area contributed by atoms with Crippen LogP contribution in [0.4, 0.5) is 0 Å². The zero-order valence-electron chi connectivity index (χ0n) is 8.80. The first-order valence-electron chi connectivity index (χ1n) is 4.95. The number of amides is 1. The monoisotopic (exact) mass is 270 g/mol. The summed E-state index contributed by atoms with van der Waals surface area (Å²) >= 11 is 10.1. The maximum atomic E-state index is 11.6. The standard InChI is InChI=1S/C9H10N4O2S2/c14-7(5-6-1-2-11-15-6)12-9(17)13-4-3-10-8(13)16/h1-2H,3-5H2,(H,10,16)(H,12,14,17). The van der Waals surface area contributed by atoms with Crippen molar-refractivity contribution in [2.75, 3.05) is 13.1 Å². The third-order valence-corrected chi connectivity index (χ3v) is 2.86. The largest absolute Gasteiger partial charge is 0.361 e. The van der Waals surface area contributed by atoms with Gasteiger partial charge in [-0.1, -0.05) is 5.16 Å². The highest BCUT2D eigenvalue weighted by Gasteiger charge is 2.21. The van der Waals surface area contributed by atoms with Crippen molar-refractivity contribution in [2.45, 2.75) is 6.42 Å². The Labute approximate surface area is 108 Å². The molecule has 0 atom stereocenters. The van der Waals surface area contributed by atoms with Gasteiger partial charge < -0.3 is 15.2 Å². The van der Waals surface area contributed by atoms with Gasteiger partial charge in [-0.2, -0.15) is 0 Å². The number of hydrogen-bond donors (Lipinski definition) is 2.